The predicted molar refractivity (Wildman–Crippen MR) is 121 cm³/mol. The molecular weight excluding hydrogens is 413 g/mol. The SMILES string of the molecule is CN(C)C(=O)[C@H](Sc1nc2ccccc2c(=O)n1-c1ccccc1F)c1ccccc1. The summed E-state index contributed by atoms with van der Waals surface area (Å²) < 4.78 is 16.0. The highest BCUT2D eigenvalue weighted by molar-refractivity contribution is 8.00. The number of benzene rings is 3. The molecule has 0 bridgehead atoms. The first-order chi connectivity index (χ1) is 15.0. The lowest BCUT2D eigenvalue weighted by Crippen LogP contribution is -2.28. The molecule has 1 heterocycles. The van der Waals surface area contributed by atoms with Gasteiger partial charge < -0.3 is 4.90 Å². The van der Waals surface area contributed by atoms with Gasteiger partial charge in [-0.2, -0.15) is 0 Å². The second-order valence-electron chi connectivity index (χ2n) is 7.14. The quantitative estimate of drug-likeness (QED) is 0.345. The highest BCUT2D eigenvalue weighted by Gasteiger charge is 2.27. The molecule has 3 aromatic carbocycles. The van der Waals surface area contributed by atoms with Gasteiger partial charge in [-0.3, -0.25) is 14.2 Å². The number of carbonyl (C=O) groups is 1. The van der Waals surface area contributed by atoms with E-state index in [4.69, 9.17) is 0 Å². The van der Waals surface area contributed by atoms with E-state index in [1.165, 1.54) is 21.6 Å². The molecule has 0 saturated heterocycles. The van der Waals surface area contributed by atoms with Crippen molar-refractivity contribution in [2.75, 3.05) is 14.1 Å². The fourth-order valence-corrected chi connectivity index (χ4v) is 4.52. The van der Waals surface area contributed by atoms with Gasteiger partial charge in [-0.05, 0) is 29.8 Å². The van der Waals surface area contributed by atoms with Crippen molar-refractivity contribution in [2.45, 2.75) is 10.4 Å². The molecule has 0 N–H and O–H groups in total. The zero-order chi connectivity index (χ0) is 22.0. The number of halogens is 1. The van der Waals surface area contributed by atoms with Crippen molar-refractivity contribution in [3.05, 3.63) is 101 Å². The van der Waals surface area contributed by atoms with Crippen LogP contribution in [0.3, 0.4) is 0 Å². The smallest absolute Gasteiger partial charge is 0.266 e. The number of nitrogens with zero attached hydrogens (tertiary/aromatic N) is 3. The molecule has 0 aliphatic carbocycles. The highest BCUT2D eigenvalue weighted by atomic mass is 32.2. The molecule has 0 fully saturated rings. The Kier molecular flexibility index (Phi) is 5.86. The molecule has 1 atom stereocenters. The number of para-hydroxylation sites is 2. The number of carbonyl (C=O) groups excluding carboxylic acids is 1. The van der Waals surface area contributed by atoms with Crippen LogP contribution >= 0.6 is 11.8 Å². The predicted octanol–water partition coefficient (Wildman–Crippen LogP) is 4.45. The topological polar surface area (TPSA) is 55.2 Å². The summed E-state index contributed by atoms with van der Waals surface area (Å²) in [6.07, 6.45) is 0. The Morgan fingerprint density at radius 1 is 0.968 bits per heavy atom. The van der Waals surface area contributed by atoms with Crippen LogP contribution in [0.5, 0.6) is 0 Å². The summed E-state index contributed by atoms with van der Waals surface area (Å²) in [5.74, 6) is -0.697. The summed E-state index contributed by atoms with van der Waals surface area (Å²) in [6.45, 7) is 0. The molecule has 0 unspecified atom stereocenters. The van der Waals surface area contributed by atoms with E-state index in [-0.39, 0.29) is 22.3 Å². The normalized spacial score (nSPS) is 12.0. The molecule has 4 aromatic rings. The summed E-state index contributed by atoms with van der Waals surface area (Å²) in [7, 11) is 3.35. The minimum Gasteiger partial charge on any atom is -0.348 e. The molecule has 1 amide bonds. The standard InChI is InChI=1S/C24H20FN3O2S/c1-27(2)23(30)21(16-10-4-3-5-11-16)31-24-26-19-14-8-6-12-17(19)22(29)28(24)20-15-9-7-13-18(20)25/h3-15,21H,1-2H3/t21-/m1/s1. The second kappa shape index (κ2) is 8.73. The van der Waals surface area contributed by atoms with Crippen molar-refractivity contribution in [3.63, 3.8) is 0 Å². The van der Waals surface area contributed by atoms with E-state index in [1.807, 2.05) is 30.3 Å². The van der Waals surface area contributed by atoms with E-state index in [2.05, 4.69) is 4.98 Å². The fourth-order valence-electron chi connectivity index (χ4n) is 3.27. The third-order valence-corrected chi connectivity index (χ3v) is 6.02. The van der Waals surface area contributed by atoms with E-state index in [9.17, 15) is 14.0 Å². The maximum Gasteiger partial charge on any atom is 0.266 e. The number of aromatic nitrogens is 2. The van der Waals surface area contributed by atoms with Crippen molar-refractivity contribution in [3.8, 4) is 5.69 Å². The van der Waals surface area contributed by atoms with Gasteiger partial charge in [-0.1, -0.05) is 66.4 Å². The number of amides is 1. The lowest BCUT2D eigenvalue weighted by atomic mass is 10.1. The van der Waals surface area contributed by atoms with Crippen LogP contribution in [0.4, 0.5) is 4.39 Å². The maximum absolute atomic E-state index is 14.7. The number of thioether (sulfide) groups is 1. The van der Waals surface area contributed by atoms with Crippen molar-refractivity contribution in [1.82, 2.24) is 14.5 Å². The monoisotopic (exact) mass is 433 g/mol. The van der Waals surface area contributed by atoms with Gasteiger partial charge in [-0.15, -0.1) is 0 Å². The Labute approximate surface area is 183 Å². The van der Waals surface area contributed by atoms with Gasteiger partial charge in [0.1, 0.15) is 11.1 Å². The van der Waals surface area contributed by atoms with Gasteiger partial charge in [0.2, 0.25) is 5.91 Å². The average Bonchev–Trinajstić information content (AvgIpc) is 2.78. The van der Waals surface area contributed by atoms with Crippen LogP contribution in [-0.4, -0.2) is 34.5 Å². The lowest BCUT2D eigenvalue weighted by Gasteiger charge is -2.22. The summed E-state index contributed by atoms with van der Waals surface area (Å²) in [6, 6.07) is 22.3. The summed E-state index contributed by atoms with van der Waals surface area (Å²) >= 11 is 1.13. The van der Waals surface area contributed by atoms with Crippen LogP contribution in [0.2, 0.25) is 0 Å². The molecule has 0 saturated carbocycles. The van der Waals surface area contributed by atoms with Gasteiger partial charge in [-0.25, -0.2) is 9.37 Å². The van der Waals surface area contributed by atoms with Crippen molar-refractivity contribution >= 4 is 28.6 Å². The third kappa shape index (κ3) is 4.09. The Morgan fingerprint density at radius 3 is 2.32 bits per heavy atom. The Morgan fingerprint density at radius 2 is 1.61 bits per heavy atom. The average molecular weight is 434 g/mol. The molecule has 4 rings (SSSR count). The van der Waals surface area contributed by atoms with E-state index in [1.54, 1.807) is 50.5 Å². The van der Waals surface area contributed by atoms with Crippen LogP contribution in [0.25, 0.3) is 16.6 Å². The van der Waals surface area contributed by atoms with Crippen LogP contribution in [-0.2, 0) is 4.79 Å². The van der Waals surface area contributed by atoms with Crippen LogP contribution in [0, 0.1) is 5.82 Å². The number of rotatable bonds is 5. The zero-order valence-electron chi connectivity index (χ0n) is 17.0. The van der Waals surface area contributed by atoms with E-state index in [0.29, 0.717) is 10.9 Å². The fraction of sp³-hybridized carbons (Fsp3) is 0.125. The second-order valence-corrected chi connectivity index (χ2v) is 8.22. The first-order valence-corrected chi connectivity index (χ1v) is 10.5. The first kappa shape index (κ1) is 20.8. The van der Waals surface area contributed by atoms with E-state index >= 15 is 0 Å². The molecule has 0 aliphatic rings. The van der Waals surface area contributed by atoms with E-state index < -0.39 is 11.1 Å². The van der Waals surface area contributed by atoms with Gasteiger partial charge >= 0.3 is 0 Å². The summed E-state index contributed by atoms with van der Waals surface area (Å²) in [4.78, 5) is 32.5. The van der Waals surface area contributed by atoms with Crippen molar-refractivity contribution in [2.24, 2.45) is 0 Å². The van der Waals surface area contributed by atoms with Gasteiger partial charge in [0.15, 0.2) is 5.16 Å². The number of hydrogen-bond acceptors (Lipinski definition) is 4. The van der Waals surface area contributed by atoms with Crippen molar-refractivity contribution < 1.29 is 9.18 Å². The lowest BCUT2D eigenvalue weighted by molar-refractivity contribution is -0.128. The van der Waals surface area contributed by atoms with Gasteiger partial charge in [0, 0.05) is 14.1 Å². The number of fused-ring (bicyclic) bond motifs is 1. The molecule has 5 nitrogen and oxygen atoms in total. The number of likely N-dealkylation sites (N-methyl/N-ethyl adjacent to an activating group) is 1. The third-order valence-electron chi connectivity index (χ3n) is 4.83. The summed E-state index contributed by atoms with van der Waals surface area (Å²) in [5.41, 5.74) is 0.972. The van der Waals surface area contributed by atoms with Gasteiger partial charge in [0.05, 0.1) is 16.6 Å². The molecule has 156 valence electrons. The minimum atomic E-state index is -0.651. The summed E-state index contributed by atoms with van der Waals surface area (Å²) in [5, 5.41) is -0.0227. The maximum atomic E-state index is 14.7. The number of hydrogen-bond donors (Lipinski definition) is 0. The molecule has 31 heavy (non-hydrogen) atoms. The molecule has 7 heteroatoms. The van der Waals surface area contributed by atoms with Gasteiger partial charge in [0.25, 0.3) is 5.56 Å². The molecular formula is C24H20FN3O2S. The highest BCUT2D eigenvalue weighted by Crippen LogP contribution is 2.36. The van der Waals surface area contributed by atoms with Crippen LogP contribution in [0.1, 0.15) is 10.8 Å². The molecule has 0 aliphatic heterocycles. The minimum absolute atomic E-state index is 0.0948. The van der Waals surface area contributed by atoms with E-state index in [0.717, 1.165) is 17.3 Å². The Hall–Kier alpha value is -3.45. The molecule has 1 aromatic heterocycles. The molecule has 0 radical (unpaired) electrons. The zero-order valence-corrected chi connectivity index (χ0v) is 17.8. The largest absolute Gasteiger partial charge is 0.348 e. The van der Waals surface area contributed by atoms with Crippen molar-refractivity contribution in [1.29, 1.82) is 0 Å². The Balaban J connectivity index is 1.95. The Bertz CT molecular complexity index is 1310. The molecule has 0 spiro atoms. The van der Waals surface area contributed by atoms with Crippen LogP contribution < -0.4 is 5.56 Å². The first-order valence-electron chi connectivity index (χ1n) is 9.67. The van der Waals surface area contributed by atoms with Crippen LogP contribution in [0.15, 0.2) is 88.8 Å².